The van der Waals surface area contributed by atoms with Crippen molar-refractivity contribution in [2.24, 2.45) is 0 Å². The van der Waals surface area contributed by atoms with Crippen LogP contribution in [0.5, 0.6) is 0 Å². The first-order valence-electron chi connectivity index (χ1n) is 5.79. The summed E-state index contributed by atoms with van der Waals surface area (Å²) in [6.07, 6.45) is 8.45. The average molecular weight is 228 g/mol. The average Bonchev–Trinajstić information content (AvgIpc) is 2.97. The molecule has 2 saturated carbocycles. The summed E-state index contributed by atoms with van der Waals surface area (Å²) in [4.78, 5) is 11.5. The van der Waals surface area contributed by atoms with Gasteiger partial charge in [0.1, 0.15) is 0 Å². The third-order valence-corrected chi connectivity index (χ3v) is 4.85. The molecular weight excluding hydrogens is 208 g/mol. The third-order valence-electron chi connectivity index (χ3n) is 3.43. The highest BCUT2D eigenvalue weighted by Gasteiger charge is 2.36. The smallest absolute Gasteiger partial charge is 0.234 e. The molecular formula is C11H20N2OS. The SMILES string of the molecule is CSC1(CNC(=O)CNC2CC2)CCC1. The maximum Gasteiger partial charge on any atom is 0.234 e. The van der Waals surface area contributed by atoms with Gasteiger partial charge in [0.05, 0.1) is 6.54 Å². The minimum atomic E-state index is 0.155. The van der Waals surface area contributed by atoms with Crippen molar-refractivity contribution in [3.05, 3.63) is 0 Å². The van der Waals surface area contributed by atoms with Crippen LogP contribution in [0.2, 0.25) is 0 Å². The van der Waals surface area contributed by atoms with Crippen molar-refractivity contribution >= 4 is 17.7 Å². The number of rotatable bonds is 6. The fourth-order valence-electron chi connectivity index (χ4n) is 1.87. The minimum absolute atomic E-state index is 0.155. The molecule has 0 atom stereocenters. The molecule has 0 heterocycles. The number of hydrogen-bond donors (Lipinski definition) is 2. The van der Waals surface area contributed by atoms with E-state index in [4.69, 9.17) is 0 Å². The van der Waals surface area contributed by atoms with Gasteiger partial charge in [-0.25, -0.2) is 0 Å². The van der Waals surface area contributed by atoms with Crippen molar-refractivity contribution in [3.8, 4) is 0 Å². The van der Waals surface area contributed by atoms with Gasteiger partial charge in [-0.1, -0.05) is 6.42 Å². The van der Waals surface area contributed by atoms with Crippen LogP contribution in [0, 0.1) is 0 Å². The van der Waals surface area contributed by atoms with Crippen molar-refractivity contribution in [1.29, 1.82) is 0 Å². The first kappa shape index (κ1) is 11.3. The van der Waals surface area contributed by atoms with Crippen LogP contribution in [0.4, 0.5) is 0 Å². The maximum atomic E-state index is 11.5. The van der Waals surface area contributed by atoms with E-state index < -0.39 is 0 Å². The lowest BCUT2D eigenvalue weighted by atomic mass is 9.84. The lowest BCUT2D eigenvalue weighted by Gasteiger charge is -2.40. The molecule has 3 nitrogen and oxygen atoms in total. The molecule has 0 aromatic carbocycles. The molecule has 0 spiro atoms. The first-order chi connectivity index (χ1) is 7.24. The summed E-state index contributed by atoms with van der Waals surface area (Å²) in [5.74, 6) is 0.155. The number of amides is 1. The lowest BCUT2D eigenvalue weighted by molar-refractivity contribution is -0.120. The molecule has 86 valence electrons. The summed E-state index contributed by atoms with van der Waals surface area (Å²) in [7, 11) is 0. The molecule has 0 aliphatic heterocycles. The van der Waals surface area contributed by atoms with Crippen LogP contribution in [0.3, 0.4) is 0 Å². The highest BCUT2D eigenvalue weighted by molar-refractivity contribution is 8.00. The van der Waals surface area contributed by atoms with Gasteiger partial charge in [-0.05, 0) is 31.9 Å². The van der Waals surface area contributed by atoms with Gasteiger partial charge in [0, 0.05) is 17.3 Å². The van der Waals surface area contributed by atoms with E-state index in [0.29, 0.717) is 17.3 Å². The second-order valence-corrected chi connectivity index (χ2v) is 5.95. The zero-order valence-electron chi connectivity index (χ0n) is 9.34. The summed E-state index contributed by atoms with van der Waals surface area (Å²) in [6.45, 7) is 1.34. The molecule has 15 heavy (non-hydrogen) atoms. The number of thioether (sulfide) groups is 1. The summed E-state index contributed by atoms with van der Waals surface area (Å²) >= 11 is 1.90. The Bertz CT molecular complexity index is 231. The lowest BCUT2D eigenvalue weighted by Crippen LogP contribution is -2.47. The third kappa shape index (κ3) is 3.11. The fraction of sp³-hybridized carbons (Fsp3) is 0.909. The predicted octanol–water partition coefficient (Wildman–Crippen LogP) is 1.14. The van der Waals surface area contributed by atoms with Crippen molar-refractivity contribution in [1.82, 2.24) is 10.6 Å². The summed E-state index contributed by atoms with van der Waals surface area (Å²) in [5.41, 5.74) is 0. The van der Waals surface area contributed by atoms with Crippen molar-refractivity contribution in [2.75, 3.05) is 19.3 Å². The Morgan fingerprint density at radius 1 is 1.47 bits per heavy atom. The zero-order chi connectivity index (χ0) is 10.7. The normalized spacial score (nSPS) is 23.3. The Morgan fingerprint density at radius 2 is 2.20 bits per heavy atom. The van der Waals surface area contributed by atoms with Crippen LogP contribution in [0.15, 0.2) is 0 Å². The number of nitrogens with one attached hydrogen (secondary N) is 2. The van der Waals surface area contributed by atoms with Gasteiger partial charge < -0.3 is 10.6 Å². The van der Waals surface area contributed by atoms with E-state index in [-0.39, 0.29) is 5.91 Å². The van der Waals surface area contributed by atoms with Crippen molar-refractivity contribution < 1.29 is 4.79 Å². The monoisotopic (exact) mass is 228 g/mol. The highest BCUT2D eigenvalue weighted by Crippen LogP contribution is 2.42. The molecule has 2 aliphatic rings. The molecule has 0 unspecified atom stereocenters. The van der Waals surface area contributed by atoms with E-state index in [1.165, 1.54) is 32.1 Å². The zero-order valence-corrected chi connectivity index (χ0v) is 10.2. The standard InChI is InChI=1S/C11H20N2OS/c1-15-11(5-2-6-11)8-13-10(14)7-12-9-3-4-9/h9,12H,2-8H2,1H3,(H,13,14). The van der Waals surface area contributed by atoms with E-state index in [9.17, 15) is 4.79 Å². The van der Waals surface area contributed by atoms with Crippen molar-refractivity contribution in [3.63, 3.8) is 0 Å². The van der Waals surface area contributed by atoms with E-state index in [2.05, 4.69) is 16.9 Å². The molecule has 0 radical (unpaired) electrons. The minimum Gasteiger partial charge on any atom is -0.354 e. The van der Waals surface area contributed by atoms with Crippen LogP contribution in [-0.4, -0.2) is 36.0 Å². The van der Waals surface area contributed by atoms with E-state index in [1.807, 2.05) is 11.8 Å². The Labute approximate surface area is 95.8 Å². The van der Waals surface area contributed by atoms with Crippen LogP contribution < -0.4 is 10.6 Å². The summed E-state index contributed by atoms with van der Waals surface area (Å²) in [5, 5.41) is 6.27. The largest absolute Gasteiger partial charge is 0.354 e. The van der Waals surface area contributed by atoms with Gasteiger partial charge in [-0.15, -0.1) is 0 Å². The van der Waals surface area contributed by atoms with Gasteiger partial charge in [-0.3, -0.25) is 4.79 Å². The summed E-state index contributed by atoms with van der Waals surface area (Å²) in [6, 6.07) is 0.619. The molecule has 0 bridgehead atoms. The van der Waals surface area contributed by atoms with Crippen LogP contribution >= 0.6 is 11.8 Å². The molecule has 0 saturated heterocycles. The maximum absolute atomic E-state index is 11.5. The Hall–Kier alpha value is -0.220. The molecule has 2 rings (SSSR count). The van der Waals surface area contributed by atoms with Gasteiger partial charge >= 0.3 is 0 Å². The quantitative estimate of drug-likeness (QED) is 0.716. The first-order valence-corrected chi connectivity index (χ1v) is 7.02. The van der Waals surface area contributed by atoms with Gasteiger partial charge in [0.15, 0.2) is 0 Å². The molecule has 4 heteroatoms. The molecule has 2 fully saturated rings. The fourth-order valence-corrected chi connectivity index (χ4v) is 2.78. The Morgan fingerprint density at radius 3 is 2.67 bits per heavy atom. The number of carbonyl (C=O) groups is 1. The Kier molecular flexibility index (Phi) is 3.57. The topological polar surface area (TPSA) is 41.1 Å². The van der Waals surface area contributed by atoms with E-state index in [1.54, 1.807) is 0 Å². The van der Waals surface area contributed by atoms with Crippen LogP contribution in [-0.2, 0) is 4.79 Å². The van der Waals surface area contributed by atoms with Gasteiger partial charge in [-0.2, -0.15) is 11.8 Å². The van der Waals surface area contributed by atoms with Gasteiger partial charge in [0.2, 0.25) is 5.91 Å². The van der Waals surface area contributed by atoms with Crippen molar-refractivity contribution in [2.45, 2.75) is 42.9 Å². The highest BCUT2D eigenvalue weighted by atomic mass is 32.2. The summed E-state index contributed by atoms with van der Waals surface area (Å²) < 4.78 is 0.356. The predicted molar refractivity (Wildman–Crippen MR) is 64.1 cm³/mol. The van der Waals surface area contributed by atoms with Crippen LogP contribution in [0.25, 0.3) is 0 Å². The molecule has 2 aliphatic carbocycles. The van der Waals surface area contributed by atoms with Crippen LogP contribution in [0.1, 0.15) is 32.1 Å². The molecule has 2 N–H and O–H groups in total. The molecule has 0 aromatic heterocycles. The Balaban J connectivity index is 1.60. The second kappa shape index (κ2) is 4.74. The van der Waals surface area contributed by atoms with Gasteiger partial charge in [0.25, 0.3) is 0 Å². The number of carbonyl (C=O) groups excluding carboxylic acids is 1. The molecule has 1 amide bonds. The molecule has 0 aromatic rings. The number of hydrogen-bond acceptors (Lipinski definition) is 3. The van der Waals surface area contributed by atoms with E-state index >= 15 is 0 Å². The second-order valence-electron chi connectivity index (χ2n) is 4.67. The van der Waals surface area contributed by atoms with E-state index in [0.717, 1.165) is 6.54 Å².